The van der Waals surface area contributed by atoms with Gasteiger partial charge in [0.15, 0.2) is 5.78 Å². The Bertz CT molecular complexity index is 597. The Hall–Kier alpha value is -2.09. The first-order valence-corrected chi connectivity index (χ1v) is 7.02. The number of hydrogen-bond acceptors (Lipinski definition) is 2. The van der Waals surface area contributed by atoms with Crippen LogP contribution >= 0.6 is 0 Å². The molecule has 0 aliphatic rings. The van der Waals surface area contributed by atoms with E-state index in [4.69, 9.17) is 4.74 Å². The van der Waals surface area contributed by atoms with Crippen molar-refractivity contribution >= 4 is 5.78 Å². The smallest absolute Gasteiger partial charge is 0.196 e. The minimum Gasteiger partial charge on any atom is -0.493 e. The second kappa shape index (κ2) is 6.38. The molecule has 0 spiro atoms. The molecule has 0 heterocycles. The van der Waals surface area contributed by atoms with Crippen LogP contribution in [0.5, 0.6) is 5.75 Å². The molecule has 20 heavy (non-hydrogen) atoms. The molecule has 0 aromatic heterocycles. The van der Waals surface area contributed by atoms with Gasteiger partial charge in [0.1, 0.15) is 5.75 Å². The molecular weight excluding hydrogens is 248 g/mol. The Morgan fingerprint density at radius 2 is 1.75 bits per heavy atom. The fourth-order valence-corrected chi connectivity index (χ4v) is 2.15. The highest BCUT2D eigenvalue weighted by molar-refractivity contribution is 6.10. The summed E-state index contributed by atoms with van der Waals surface area (Å²) < 4.78 is 5.56. The van der Waals surface area contributed by atoms with Crippen LogP contribution in [0.1, 0.15) is 40.9 Å². The van der Waals surface area contributed by atoms with E-state index in [0.717, 1.165) is 12.0 Å². The van der Waals surface area contributed by atoms with Gasteiger partial charge in [0, 0.05) is 5.56 Å². The standard InChI is InChI=1S/C18H20O2/c1-4-14-7-9-15(10-8-14)18(19)16-12-13(3)6-11-17(16)20-5-2/h6-12H,4-5H2,1-3H3. The van der Waals surface area contributed by atoms with Crippen LogP contribution < -0.4 is 4.74 Å². The highest BCUT2D eigenvalue weighted by Gasteiger charge is 2.14. The Morgan fingerprint density at radius 3 is 2.35 bits per heavy atom. The van der Waals surface area contributed by atoms with Crippen molar-refractivity contribution in [2.45, 2.75) is 27.2 Å². The zero-order valence-electron chi connectivity index (χ0n) is 12.3. The van der Waals surface area contributed by atoms with E-state index in [0.29, 0.717) is 23.5 Å². The third-order valence-electron chi connectivity index (χ3n) is 3.30. The average molecular weight is 268 g/mol. The van der Waals surface area contributed by atoms with Gasteiger partial charge in [-0.15, -0.1) is 0 Å². The van der Waals surface area contributed by atoms with Crippen molar-refractivity contribution in [3.8, 4) is 5.75 Å². The minimum atomic E-state index is 0.0137. The van der Waals surface area contributed by atoms with Gasteiger partial charge in [-0.3, -0.25) is 4.79 Å². The van der Waals surface area contributed by atoms with Crippen LogP contribution in [-0.2, 0) is 6.42 Å². The monoisotopic (exact) mass is 268 g/mol. The first-order valence-electron chi connectivity index (χ1n) is 7.02. The summed E-state index contributed by atoms with van der Waals surface area (Å²) in [5.41, 5.74) is 3.63. The van der Waals surface area contributed by atoms with Gasteiger partial charge in [0.05, 0.1) is 12.2 Å². The van der Waals surface area contributed by atoms with Gasteiger partial charge in [-0.05, 0) is 38.0 Å². The number of ketones is 1. The van der Waals surface area contributed by atoms with Crippen LogP contribution in [0, 0.1) is 6.92 Å². The number of hydrogen-bond donors (Lipinski definition) is 0. The van der Waals surface area contributed by atoms with Crippen LogP contribution in [-0.4, -0.2) is 12.4 Å². The van der Waals surface area contributed by atoms with Crippen LogP contribution in [0.2, 0.25) is 0 Å². The number of carbonyl (C=O) groups is 1. The van der Waals surface area contributed by atoms with Crippen LogP contribution in [0.25, 0.3) is 0 Å². The molecule has 2 aromatic carbocycles. The summed E-state index contributed by atoms with van der Waals surface area (Å²) in [5.74, 6) is 0.669. The maximum Gasteiger partial charge on any atom is 0.196 e. The number of aryl methyl sites for hydroxylation is 2. The second-order valence-corrected chi connectivity index (χ2v) is 4.81. The lowest BCUT2D eigenvalue weighted by Gasteiger charge is -2.10. The lowest BCUT2D eigenvalue weighted by molar-refractivity contribution is 0.103. The fourth-order valence-electron chi connectivity index (χ4n) is 2.15. The molecule has 0 aliphatic heterocycles. The Balaban J connectivity index is 2.38. The molecule has 2 nitrogen and oxygen atoms in total. The lowest BCUT2D eigenvalue weighted by Crippen LogP contribution is -2.06. The van der Waals surface area contributed by atoms with E-state index >= 15 is 0 Å². The van der Waals surface area contributed by atoms with Crippen molar-refractivity contribution in [2.24, 2.45) is 0 Å². The zero-order valence-corrected chi connectivity index (χ0v) is 12.3. The molecule has 0 radical (unpaired) electrons. The molecule has 0 saturated heterocycles. The number of rotatable bonds is 5. The summed E-state index contributed by atoms with van der Waals surface area (Å²) >= 11 is 0. The first-order chi connectivity index (χ1) is 9.65. The summed E-state index contributed by atoms with van der Waals surface area (Å²) in [4.78, 5) is 12.6. The molecule has 0 atom stereocenters. The minimum absolute atomic E-state index is 0.0137. The maximum atomic E-state index is 12.6. The van der Waals surface area contributed by atoms with Crippen molar-refractivity contribution in [3.05, 3.63) is 64.7 Å². The predicted molar refractivity (Wildman–Crippen MR) is 81.6 cm³/mol. The quantitative estimate of drug-likeness (QED) is 0.760. The lowest BCUT2D eigenvalue weighted by atomic mass is 9.99. The topological polar surface area (TPSA) is 26.3 Å². The van der Waals surface area contributed by atoms with Crippen LogP contribution in [0.3, 0.4) is 0 Å². The first kappa shape index (κ1) is 14.3. The summed E-state index contributed by atoms with van der Waals surface area (Å²) in [5, 5.41) is 0. The molecular formula is C18H20O2. The van der Waals surface area contributed by atoms with Crippen LogP contribution in [0.15, 0.2) is 42.5 Å². The molecule has 2 aromatic rings. The van der Waals surface area contributed by atoms with Gasteiger partial charge in [-0.1, -0.05) is 42.8 Å². The molecule has 2 heteroatoms. The van der Waals surface area contributed by atoms with E-state index in [1.807, 2.05) is 56.3 Å². The number of carbonyl (C=O) groups excluding carboxylic acids is 1. The molecule has 104 valence electrons. The molecule has 0 fully saturated rings. The van der Waals surface area contributed by atoms with Gasteiger partial charge >= 0.3 is 0 Å². The Labute approximate surface area is 120 Å². The highest BCUT2D eigenvalue weighted by atomic mass is 16.5. The van der Waals surface area contributed by atoms with Gasteiger partial charge in [-0.2, -0.15) is 0 Å². The van der Waals surface area contributed by atoms with E-state index in [-0.39, 0.29) is 5.78 Å². The molecule has 0 unspecified atom stereocenters. The van der Waals surface area contributed by atoms with Gasteiger partial charge in [0.25, 0.3) is 0 Å². The highest BCUT2D eigenvalue weighted by Crippen LogP contribution is 2.23. The van der Waals surface area contributed by atoms with Gasteiger partial charge in [0.2, 0.25) is 0 Å². The molecule has 0 bridgehead atoms. The molecule has 2 rings (SSSR count). The predicted octanol–water partition coefficient (Wildman–Crippen LogP) is 4.19. The molecule has 0 aliphatic carbocycles. The normalized spacial score (nSPS) is 10.3. The Morgan fingerprint density at radius 1 is 1.05 bits per heavy atom. The van der Waals surface area contributed by atoms with E-state index in [2.05, 4.69) is 6.92 Å². The molecule has 0 amide bonds. The van der Waals surface area contributed by atoms with Crippen molar-refractivity contribution in [3.63, 3.8) is 0 Å². The molecule has 0 N–H and O–H groups in total. The van der Waals surface area contributed by atoms with E-state index in [9.17, 15) is 4.79 Å². The van der Waals surface area contributed by atoms with E-state index < -0.39 is 0 Å². The SMILES string of the molecule is CCOc1ccc(C)cc1C(=O)c1ccc(CC)cc1. The van der Waals surface area contributed by atoms with E-state index in [1.54, 1.807) is 0 Å². The number of ether oxygens (including phenoxy) is 1. The van der Waals surface area contributed by atoms with E-state index in [1.165, 1.54) is 5.56 Å². The van der Waals surface area contributed by atoms with Gasteiger partial charge in [-0.25, -0.2) is 0 Å². The van der Waals surface area contributed by atoms with Crippen molar-refractivity contribution < 1.29 is 9.53 Å². The summed E-state index contributed by atoms with van der Waals surface area (Å²) in [6.07, 6.45) is 0.975. The third kappa shape index (κ3) is 3.08. The second-order valence-electron chi connectivity index (χ2n) is 4.81. The summed E-state index contributed by atoms with van der Waals surface area (Å²) in [6, 6.07) is 13.5. The number of benzene rings is 2. The summed E-state index contributed by atoms with van der Waals surface area (Å²) in [6.45, 7) is 6.56. The van der Waals surface area contributed by atoms with Crippen molar-refractivity contribution in [1.29, 1.82) is 0 Å². The Kier molecular flexibility index (Phi) is 4.57. The van der Waals surface area contributed by atoms with Crippen molar-refractivity contribution in [2.75, 3.05) is 6.61 Å². The summed E-state index contributed by atoms with van der Waals surface area (Å²) in [7, 11) is 0. The fraction of sp³-hybridized carbons (Fsp3) is 0.278. The molecule has 0 saturated carbocycles. The zero-order chi connectivity index (χ0) is 14.5. The largest absolute Gasteiger partial charge is 0.493 e. The third-order valence-corrected chi connectivity index (χ3v) is 3.30. The maximum absolute atomic E-state index is 12.6. The van der Waals surface area contributed by atoms with Crippen LogP contribution in [0.4, 0.5) is 0 Å². The average Bonchev–Trinajstić information content (AvgIpc) is 2.48. The van der Waals surface area contributed by atoms with Crippen molar-refractivity contribution in [1.82, 2.24) is 0 Å². The van der Waals surface area contributed by atoms with Gasteiger partial charge < -0.3 is 4.74 Å².